The summed E-state index contributed by atoms with van der Waals surface area (Å²) in [6, 6.07) is 6.83. The fraction of sp³-hybridized carbons (Fsp3) is 0.385. The average molecular weight is 250 g/mol. The van der Waals surface area contributed by atoms with Gasteiger partial charge in [-0.05, 0) is 24.2 Å². The lowest BCUT2D eigenvalue weighted by Gasteiger charge is -2.06. The fourth-order valence-corrected chi connectivity index (χ4v) is 1.48. The van der Waals surface area contributed by atoms with Crippen molar-refractivity contribution >= 4 is 17.6 Å². The molecule has 1 aromatic rings. The van der Waals surface area contributed by atoms with Crippen molar-refractivity contribution in [2.75, 3.05) is 18.4 Å². The van der Waals surface area contributed by atoms with Crippen LogP contribution in [0.5, 0.6) is 0 Å². The predicted molar refractivity (Wildman–Crippen MR) is 69.6 cm³/mol. The van der Waals surface area contributed by atoms with E-state index >= 15 is 0 Å². The molecule has 0 radical (unpaired) electrons. The van der Waals surface area contributed by atoms with Crippen molar-refractivity contribution in [1.29, 1.82) is 0 Å². The highest BCUT2D eigenvalue weighted by atomic mass is 16.4. The molecular formula is C13H18N2O3. The van der Waals surface area contributed by atoms with Crippen LogP contribution >= 0.6 is 0 Å². The van der Waals surface area contributed by atoms with Crippen molar-refractivity contribution in [3.63, 3.8) is 0 Å². The van der Waals surface area contributed by atoms with Crippen LogP contribution in [0, 0.1) is 0 Å². The molecule has 3 N–H and O–H groups in total. The van der Waals surface area contributed by atoms with Crippen LogP contribution in [-0.2, 0) is 16.0 Å². The topological polar surface area (TPSA) is 78.4 Å². The van der Waals surface area contributed by atoms with Crippen molar-refractivity contribution in [3.8, 4) is 0 Å². The molecule has 0 aromatic heterocycles. The van der Waals surface area contributed by atoms with Crippen molar-refractivity contribution in [2.45, 2.75) is 19.8 Å². The molecule has 0 aliphatic carbocycles. The largest absolute Gasteiger partial charge is 0.481 e. The first kappa shape index (κ1) is 14.2. The number of hydrogen-bond acceptors (Lipinski definition) is 3. The number of rotatable bonds is 7. The molecule has 0 saturated carbocycles. The zero-order valence-corrected chi connectivity index (χ0v) is 10.4. The summed E-state index contributed by atoms with van der Waals surface area (Å²) in [5, 5.41) is 14.4. The number of carbonyl (C=O) groups is 2. The average Bonchev–Trinajstić information content (AvgIpc) is 2.31. The van der Waals surface area contributed by atoms with Gasteiger partial charge in [0.15, 0.2) is 0 Å². The minimum atomic E-state index is -0.863. The summed E-state index contributed by atoms with van der Waals surface area (Å²) in [5.41, 5.74) is 1.40. The molecule has 98 valence electrons. The molecule has 5 heteroatoms. The molecular weight excluding hydrogens is 232 g/mol. The van der Waals surface area contributed by atoms with Gasteiger partial charge in [0, 0.05) is 18.7 Å². The number of carboxylic acid groups (broad SMARTS) is 1. The van der Waals surface area contributed by atoms with Crippen LogP contribution in [0.15, 0.2) is 24.3 Å². The van der Waals surface area contributed by atoms with Crippen LogP contribution in [0.2, 0.25) is 0 Å². The minimum absolute atomic E-state index is 0.00531. The molecule has 1 aromatic carbocycles. The Morgan fingerprint density at radius 2 is 1.89 bits per heavy atom. The quantitative estimate of drug-likeness (QED) is 0.636. The number of amides is 1. The standard InChI is InChI=1S/C13H18N2O3/c1-2-14-8-7-12(16)15-11-5-3-10(4-6-11)9-13(17)18/h3-6,14H,2,7-9H2,1H3,(H,15,16)(H,17,18). The molecule has 0 saturated heterocycles. The Morgan fingerprint density at radius 3 is 2.44 bits per heavy atom. The molecule has 0 aliphatic rings. The van der Waals surface area contributed by atoms with Crippen LogP contribution in [-0.4, -0.2) is 30.1 Å². The Kier molecular flexibility index (Phi) is 5.87. The molecule has 0 fully saturated rings. The Bertz CT molecular complexity index is 401. The Hall–Kier alpha value is -1.88. The normalized spacial score (nSPS) is 10.1. The monoisotopic (exact) mass is 250 g/mol. The lowest BCUT2D eigenvalue weighted by molar-refractivity contribution is -0.136. The zero-order valence-electron chi connectivity index (χ0n) is 10.4. The van der Waals surface area contributed by atoms with Gasteiger partial charge in [0.1, 0.15) is 0 Å². The number of aliphatic carboxylic acids is 1. The number of benzene rings is 1. The van der Waals surface area contributed by atoms with Crippen LogP contribution in [0.25, 0.3) is 0 Å². The predicted octanol–water partition coefficient (Wildman–Crippen LogP) is 1.25. The van der Waals surface area contributed by atoms with E-state index in [9.17, 15) is 9.59 Å². The number of hydrogen-bond donors (Lipinski definition) is 3. The van der Waals surface area contributed by atoms with E-state index in [4.69, 9.17) is 5.11 Å². The SMILES string of the molecule is CCNCCC(=O)Nc1ccc(CC(=O)O)cc1. The highest BCUT2D eigenvalue weighted by Gasteiger charge is 2.03. The van der Waals surface area contributed by atoms with Gasteiger partial charge in [-0.1, -0.05) is 19.1 Å². The molecule has 0 bridgehead atoms. The third kappa shape index (κ3) is 5.45. The lowest BCUT2D eigenvalue weighted by atomic mass is 10.1. The van der Waals surface area contributed by atoms with E-state index in [1.807, 2.05) is 6.92 Å². The van der Waals surface area contributed by atoms with Crippen molar-refractivity contribution in [2.24, 2.45) is 0 Å². The molecule has 0 spiro atoms. The van der Waals surface area contributed by atoms with E-state index < -0.39 is 5.97 Å². The number of carboxylic acids is 1. The van der Waals surface area contributed by atoms with Gasteiger partial charge in [-0.2, -0.15) is 0 Å². The highest BCUT2D eigenvalue weighted by Crippen LogP contribution is 2.10. The second kappa shape index (κ2) is 7.45. The van der Waals surface area contributed by atoms with E-state index in [1.165, 1.54) is 0 Å². The highest BCUT2D eigenvalue weighted by molar-refractivity contribution is 5.90. The summed E-state index contributed by atoms with van der Waals surface area (Å²) in [6.07, 6.45) is 0.416. The molecule has 0 atom stereocenters. The Labute approximate surface area is 106 Å². The molecule has 0 heterocycles. The molecule has 5 nitrogen and oxygen atoms in total. The van der Waals surface area contributed by atoms with Crippen molar-refractivity contribution in [1.82, 2.24) is 5.32 Å². The number of carbonyl (C=O) groups excluding carboxylic acids is 1. The Balaban J connectivity index is 2.43. The second-order valence-electron chi connectivity index (χ2n) is 3.92. The van der Waals surface area contributed by atoms with Crippen molar-refractivity contribution in [3.05, 3.63) is 29.8 Å². The first-order chi connectivity index (χ1) is 8.61. The summed E-state index contributed by atoms with van der Waals surface area (Å²) in [6.45, 7) is 3.48. The molecule has 0 unspecified atom stereocenters. The van der Waals surface area contributed by atoms with E-state index in [0.717, 1.165) is 6.54 Å². The summed E-state index contributed by atoms with van der Waals surface area (Å²) >= 11 is 0. The van der Waals surface area contributed by atoms with Gasteiger partial charge in [0.05, 0.1) is 6.42 Å². The zero-order chi connectivity index (χ0) is 13.4. The number of anilines is 1. The Morgan fingerprint density at radius 1 is 1.22 bits per heavy atom. The van der Waals surface area contributed by atoms with E-state index in [-0.39, 0.29) is 12.3 Å². The third-order valence-electron chi connectivity index (χ3n) is 2.37. The minimum Gasteiger partial charge on any atom is -0.481 e. The van der Waals surface area contributed by atoms with E-state index in [2.05, 4.69) is 10.6 Å². The lowest BCUT2D eigenvalue weighted by Crippen LogP contribution is -2.21. The summed E-state index contributed by atoms with van der Waals surface area (Å²) < 4.78 is 0. The smallest absolute Gasteiger partial charge is 0.307 e. The van der Waals surface area contributed by atoms with Crippen LogP contribution in [0.4, 0.5) is 5.69 Å². The van der Waals surface area contributed by atoms with Gasteiger partial charge in [-0.15, -0.1) is 0 Å². The maximum atomic E-state index is 11.5. The molecule has 0 aliphatic heterocycles. The van der Waals surface area contributed by atoms with Crippen LogP contribution in [0.1, 0.15) is 18.9 Å². The second-order valence-corrected chi connectivity index (χ2v) is 3.92. The molecule has 1 amide bonds. The van der Waals surface area contributed by atoms with Gasteiger partial charge < -0.3 is 15.7 Å². The van der Waals surface area contributed by atoms with Gasteiger partial charge in [-0.3, -0.25) is 9.59 Å². The number of nitrogens with one attached hydrogen (secondary N) is 2. The summed E-state index contributed by atoms with van der Waals surface area (Å²) in [5.74, 6) is -0.917. The van der Waals surface area contributed by atoms with E-state index in [0.29, 0.717) is 24.2 Å². The molecule has 18 heavy (non-hydrogen) atoms. The first-order valence-electron chi connectivity index (χ1n) is 5.93. The van der Waals surface area contributed by atoms with Crippen LogP contribution in [0.3, 0.4) is 0 Å². The maximum absolute atomic E-state index is 11.5. The van der Waals surface area contributed by atoms with Gasteiger partial charge in [0.2, 0.25) is 5.91 Å². The van der Waals surface area contributed by atoms with E-state index in [1.54, 1.807) is 24.3 Å². The van der Waals surface area contributed by atoms with Gasteiger partial charge in [-0.25, -0.2) is 0 Å². The van der Waals surface area contributed by atoms with Crippen molar-refractivity contribution < 1.29 is 14.7 Å². The van der Waals surface area contributed by atoms with Gasteiger partial charge in [0.25, 0.3) is 0 Å². The first-order valence-corrected chi connectivity index (χ1v) is 5.93. The van der Waals surface area contributed by atoms with Crippen LogP contribution < -0.4 is 10.6 Å². The van der Waals surface area contributed by atoms with Gasteiger partial charge >= 0.3 is 5.97 Å². The summed E-state index contributed by atoms with van der Waals surface area (Å²) in [7, 11) is 0. The third-order valence-corrected chi connectivity index (χ3v) is 2.37. The maximum Gasteiger partial charge on any atom is 0.307 e. The molecule has 1 rings (SSSR count). The summed E-state index contributed by atoms with van der Waals surface area (Å²) in [4.78, 5) is 22.0. The fourth-order valence-electron chi connectivity index (χ4n) is 1.48.